The lowest BCUT2D eigenvalue weighted by Gasteiger charge is -2.28. The number of fused-ring (bicyclic) bond motifs is 3. The number of benzene rings is 1. The first-order valence-corrected chi connectivity index (χ1v) is 10.1. The second kappa shape index (κ2) is 8.73. The zero-order valence-electron chi connectivity index (χ0n) is 17.3. The molecule has 1 saturated heterocycles. The van der Waals surface area contributed by atoms with Crippen LogP contribution in [-0.4, -0.2) is 83.1 Å². The lowest BCUT2D eigenvalue weighted by atomic mass is 10.1. The largest absolute Gasteiger partial charge is 0.550 e. The van der Waals surface area contributed by atoms with Crippen LogP contribution in [0.2, 0.25) is 0 Å². The molecule has 3 aliphatic rings. The Balaban J connectivity index is 1.43. The molecule has 172 valence electrons. The molecule has 13 nitrogen and oxygen atoms in total. The highest BCUT2D eigenvalue weighted by molar-refractivity contribution is 6.18. The maximum Gasteiger partial charge on any atom is 0.399 e. The number of rotatable bonds is 7. The van der Waals surface area contributed by atoms with E-state index in [2.05, 4.69) is 20.3 Å². The zero-order chi connectivity index (χ0) is 23.7. The minimum atomic E-state index is -1.39. The average Bonchev–Trinajstić information content (AvgIpc) is 3.20. The van der Waals surface area contributed by atoms with Gasteiger partial charge in [-0.1, -0.05) is 0 Å². The molecule has 0 saturated carbocycles. The van der Waals surface area contributed by atoms with Crippen molar-refractivity contribution in [1.29, 1.82) is 0 Å². The number of carbonyl (C=O) groups is 4. The molecule has 3 atom stereocenters. The fourth-order valence-electron chi connectivity index (χ4n) is 3.95. The molecule has 1 aromatic rings. The lowest BCUT2D eigenvalue weighted by Crippen LogP contribution is -2.61. The zero-order valence-corrected chi connectivity index (χ0v) is 17.3. The smallest absolute Gasteiger partial charge is 0.399 e. The molecule has 0 radical (unpaired) electrons. The molecule has 2 amide bonds. The molecular formula is C20H21N7O6. The molecule has 3 aliphatic heterocycles. The molecule has 0 bridgehead atoms. The van der Waals surface area contributed by atoms with Crippen LogP contribution in [0.15, 0.2) is 29.3 Å². The van der Waals surface area contributed by atoms with Crippen molar-refractivity contribution >= 4 is 47.5 Å². The van der Waals surface area contributed by atoms with Crippen molar-refractivity contribution in [3.05, 3.63) is 29.8 Å². The summed E-state index contributed by atoms with van der Waals surface area (Å²) in [5, 5.41) is 24.6. The van der Waals surface area contributed by atoms with Crippen LogP contribution in [-0.2, 0) is 14.4 Å². The van der Waals surface area contributed by atoms with Gasteiger partial charge in [-0.2, -0.15) is 0 Å². The molecule has 1 unspecified atom stereocenters. The minimum Gasteiger partial charge on any atom is -0.550 e. The Labute approximate surface area is 187 Å². The Morgan fingerprint density at radius 1 is 1.33 bits per heavy atom. The van der Waals surface area contributed by atoms with Gasteiger partial charge in [0.05, 0.1) is 18.9 Å². The van der Waals surface area contributed by atoms with Crippen molar-refractivity contribution in [3.8, 4) is 0 Å². The SMILES string of the molecule is NC1=[N+]=C2N=C[C@@H]3CN(c4ccc(C(=O)N[C@@H](CCC(=O)[O-])C(=O)O)cc4)CN3C2C(=O)N1. The van der Waals surface area contributed by atoms with Gasteiger partial charge in [0, 0.05) is 23.8 Å². The van der Waals surface area contributed by atoms with Crippen LogP contribution in [0.25, 0.3) is 0 Å². The van der Waals surface area contributed by atoms with E-state index in [0.717, 1.165) is 5.69 Å². The monoisotopic (exact) mass is 455 g/mol. The fraction of sp³-hybridized carbons (Fsp3) is 0.350. The highest BCUT2D eigenvalue weighted by Crippen LogP contribution is 2.26. The molecule has 5 N–H and O–H groups in total. The van der Waals surface area contributed by atoms with Crippen LogP contribution in [0.4, 0.5) is 5.69 Å². The van der Waals surface area contributed by atoms with Crippen LogP contribution in [0.1, 0.15) is 23.2 Å². The summed E-state index contributed by atoms with van der Waals surface area (Å²) in [5.74, 6) is -3.29. The number of nitrogens with two attached hydrogens (primary N) is 1. The standard InChI is InChI=1S/C20H21N7O6/c21-20-24-16-15(18(31)25-20)27-9-26(8-12(27)7-22-16)11-3-1-10(2-4-11)17(30)23-13(19(32)33)5-6-14(28)29/h1-4,7,12-13,15H,5-6,8-9H2,(H5,21,23,25,28,29,30,31,32,33)/t12-,13+,15?/m1/s1. The second-order valence-electron chi connectivity index (χ2n) is 7.79. The molecule has 0 aromatic heterocycles. The van der Waals surface area contributed by atoms with Crippen molar-refractivity contribution in [2.24, 2.45) is 10.7 Å². The third-order valence-electron chi connectivity index (χ3n) is 5.59. The van der Waals surface area contributed by atoms with Crippen LogP contribution >= 0.6 is 0 Å². The summed E-state index contributed by atoms with van der Waals surface area (Å²) in [4.78, 5) is 54.9. The van der Waals surface area contributed by atoms with E-state index in [1.54, 1.807) is 30.5 Å². The van der Waals surface area contributed by atoms with Gasteiger partial charge in [0.25, 0.3) is 11.8 Å². The van der Waals surface area contributed by atoms with Gasteiger partial charge in [-0.25, -0.2) is 14.8 Å². The van der Waals surface area contributed by atoms with Crippen molar-refractivity contribution in [3.63, 3.8) is 0 Å². The maximum atomic E-state index is 12.4. The van der Waals surface area contributed by atoms with E-state index in [0.29, 0.717) is 19.0 Å². The molecule has 4 rings (SSSR count). The number of carboxylic acids is 2. The van der Waals surface area contributed by atoms with Gasteiger partial charge in [0.15, 0.2) is 0 Å². The number of carbonyl (C=O) groups excluding carboxylic acids is 3. The first-order valence-electron chi connectivity index (χ1n) is 10.1. The van der Waals surface area contributed by atoms with Crippen LogP contribution < -0.4 is 31.0 Å². The van der Waals surface area contributed by atoms with Crippen molar-refractivity contribution in [1.82, 2.24) is 20.2 Å². The Morgan fingerprint density at radius 3 is 2.73 bits per heavy atom. The first kappa shape index (κ1) is 22.0. The number of amidine groups is 1. The highest BCUT2D eigenvalue weighted by Gasteiger charge is 2.48. The number of aliphatic carboxylic acids is 2. The Hall–Kier alpha value is -4.22. The van der Waals surface area contributed by atoms with E-state index in [-0.39, 0.29) is 29.9 Å². The number of hydrogen-bond donors (Lipinski definition) is 4. The number of nitrogens with zero attached hydrogens (tertiary/aromatic N) is 4. The van der Waals surface area contributed by atoms with E-state index >= 15 is 0 Å². The van der Waals surface area contributed by atoms with E-state index < -0.39 is 36.4 Å². The van der Waals surface area contributed by atoms with E-state index in [1.165, 1.54) is 0 Å². The van der Waals surface area contributed by atoms with E-state index in [4.69, 9.17) is 5.73 Å². The molecule has 0 aliphatic carbocycles. The van der Waals surface area contributed by atoms with Gasteiger partial charge >= 0.3 is 17.8 Å². The third-order valence-corrected chi connectivity index (χ3v) is 5.59. The highest BCUT2D eigenvalue weighted by atomic mass is 16.4. The Kier molecular flexibility index (Phi) is 5.82. The van der Waals surface area contributed by atoms with Crippen LogP contribution in [0.3, 0.4) is 0 Å². The van der Waals surface area contributed by atoms with Gasteiger partial charge < -0.3 is 25.2 Å². The summed E-state index contributed by atoms with van der Waals surface area (Å²) in [6.07, 6.45) is 0.960. The van der Waals surface area contributed by atoms with Gasteiger partial charge in [0.1, 0.15) is 6.04 Å². The quantitative estimate of drug-likeness (QED) is 0.298. The molecule has 3 heterocycles. The number of guanidine groups is 1. The summed E-state index contributed by atoms with van der Waals surface area (Å²) < 4.78 is 4.10. The lowest BCUT2D eigenvalue weighted by molar-refractivity contribution is -0.305. The topological polar surface area (TPSA) is 195 Å². The number of nitrogens with one attached hydrogen (secondary N) is 2. The van der Waals surface area contributed by atoms with Crippen molar-refractivity contribution in [2.75, 3.05) is 18.1 Å². The summed E-state index contributed by atoms with van der Waals surface area (Å²) in [6, 6.07) is 4.42. The molecule has 13 heteroatoms. The predicted octanol–water partition coefficient (Wildman–Crippen LogP) is -3.79. The number of amides is 2. The van der Waals surface area contributed by atoms with Gasteiger partial charge in [-0.05, 0) is 37.1 Å². The van der Waals surface area contributed by atoms with Gasteiger partial charge in [-0.15, -0.1) is 4.99 Å². The number of anilines is 1. The normalized spacial score (nSPS) is 22.4. The third kappa shape index (κ3) is 4.54. The number of carboxylic acid groups (broad SMARTS) is 2. The molecule has 0 spiro atoms. The van der Waals surface area contributed by atoms with E-state index in [1.807, 2.05) is 9.80 Å². The minimum absolute atomic E-state index is 0.0107. The summed E-state index contributed by atoms with van der Waals surface area (Å²) in [6.45, 7) is 0.985. The Morgan fingerprint density at radius 2 is 2.06 bits per heavy atom. The molecular weight excluding hydrogens is 434 g/mol. The second-order valence-corrected chi connectivity index (χ2v) is 7.79. The van der Waals surface area contributed by atoms with Crippen molar-refractivity contribution < 1.29 is 29.4 Å². The summed E-state index contributed by atoms with van der Waals surface area (Å²) in [7, 11) is 0. The summed E-state index contributed by atoms with van der Waals surface area (Å²) in [5.41, 5.74) is 6.62. The number of hydrogen-bond acceptors (Lipinski definition) is 9. The summed E-state index contributed by atoms with van der Waals surface area (Å²) >= 11 is 0. The Bertz CT molecular complexity index is 1110. The maximum absolute atomic E-state index is 12.4. The molecule has 1 aromatic carbocycles. The van der Waals surface area contributed by atoms with Crippen molar-refractivity contribution in [2.45, 2.75) is 31.0 Å². The van der Waals surface area contributed by atoms with Gasteiger partial charge in [0.2, 0.25) is 6.04 Å². The van der Waals surface area contributed by atoms with Crippen LogP contribution in [0, 0.1) is 0 Å². The average molecular weight is 455 g/mol. The predicted molar refractivity (Wildman–Crippen MR) is 114 cm³/mol. The number of aliphatic imine (C=N–C) groups is 1. The molecule has 1 fully saturated rings. The van der Waals surface area contributed by atoms with E-state index in [9.17, 15) is 29.4 Å². The first-order chi connectivity index (χ1) is 15.7. The molecule has 33 heavy (non-hydrogen) atoms. The van der Waals surface area contributed by atoms with Crippen LogP contribution in [0.5, 0.6) is 0 Å². The fourth-order valence-corrected chi connectivity index (χ4v) is 3.95. The van der Waals surface area contributed by atoms with Gasteiger partial charge in [-0.3, -0.25) is 20.2 Å².